The molecule has 0 bridgehead atoms. The molecule has 0 unspecified atom stereocenters. The van der Waals surface area contributed by atoms with Crippen LogP contribution in [0.25, 0.3) is 10.9 Å². The third kappa shape index (κ3) is 3.00. The molecule has 0 saturated carbocycles. The van der Waals surface area contributed by atoms with E-state index in [9.17, 15) is 0 Å². The highest BCUT2D eigenvalue weighted by Crippen LogP contribution is 2.36. The molecule has 21 heavy (non-hydrogen) atoms. The van der Waals surface area contributed by atoms with Crippen molar-refractivity contribution in [1.29, 1.82) is 0 Å². The average Bonchev–Trinajstić information content (AvgIpc) is 2.52. The minimum atomic E-state index is 0.512. The van der Waals surface area contributed by atoms with Crippen molar-refractivity contribution >= 4 is 55.7 Å². The highest BCUT2D eigenvalue weighted by atomic mass is 79.9. The van der Waals surface area contributed by atoms with Crippen LogP contribution < -0.4 is 5.32 Å². The largest absolute Gasteiger partial charge is 0.380 e. The molecule has 1 aromatic heterocycles. The van der Waals surface area contributed by atoms with Crippen molar-refractivity contribution in [2.75, 3.05) is 5.32 Å². The maximum atomic E-state index is 6.24. The molecular formula is C16H11BrCl2N2. The van der Waals surface area contributed by atoms with Crippen LogP contribution in [0.5, 0.6) is 0 Å². The van der Waals surface area contributed by atoms with Crippen molar-refractivity contribution in [3.05, 3.63) is 68.7 Å². The van der Waals surface area contributed by atoms with E-state index in [4.69, 9.17) is 23.2 Å². The number of fused-ring (bicyclic) bond motifs is 1. The smallest absolute Gasteiger partial charge is 0.0835 e. The summed E-state index contributed by atoms with van der Waals surface area (Å²) >= 11 is 15.7. The second kappa shape index (κ2) is 6.22. The number of aromatic nitrogens is 1. The van der Waals surface area contributed by atoms with Gasteiger partial charge in [-0.2, -0.15) is 0 Å². The maximum Gasteiger partial charge on any atom is 0.0835 e. The highest BCUT2D eigenvalue weighted by molar-refractivity contribution is 9.10. The molecule has 2 nitrogen and oxygen atoms in total. The normalized spacial score (nSPS) is 10.8. The molecule has 0 aliphatic heterocycles. The number of nitrogens with one attached hydrogen (secondary N) is 1. The Labute approximate surface area is 141 Å². The van der Waals surface area contributed by atoms with Gasteiger partial charge in [-0.1, -0.05) is 47.5 Å². The molecule has 1 N–H and O–H groups in total. The molecule has 5 heteroatoms. The molecule has 0 spiro atoms. The number of rotatable bonds is 3. The van der Waals surface area contributed by atoms with Crippen LogP contribution >= 0.6 is 39.1 Å². The SMILES string of the molecule is Clc1c(Br)ccc(NCc2cccc3cccnc23)c1Cl. The first-order valence-corrected chi connectivity index (χ1v) is 7.91. The summed E-state index contributed by atoms with van der Waals surface area (Å²) in [5.74, 6) is 0. The van der Waals surface area contributed by atoms with Crippen molar-refractivity contribution in [2.45, 2.75) is 6.54 Å². The third-order valence-electron chi connectivity index (χ3n) is 3.22. The van der Waals surface area contributed by atoms with Crippen LogP contribution in [0.2, 0.25) is 10.0 Å². The number of halogens is 3. The van der Waals surface area contributed by atoms with E-state index in [1.165, 1.54) is 0 Å². The quantitative estimate of drug-likeness (QED) is 0.570. The fourth-order valence-corrected chi connectivity index (χ4v) is 3.00. The van der Waals surface area contributed by atoms with Crippen LogP contribution in [0, 0.1) is 0 Å². The van der Waals surface area contributed by atoms with Crippen molar-refractivity contribution in [3.8, 4) is 0 Å². The molecule has 0 saturated heterocycles. The van der Waals surface area contributed by atoms with Crippen LogP contribution in [-0.4, -0.2) is 4.98 Å². The summed E-state index contributed by atoms with van der Waals surface area (Å²) in [5, 5.41) is 5.46. The number of benzene rings is 2. The van der Waals surface area contributed by atoms with Gasteiger partial charge in [-0.25, -0.2) is 0 Å². The van der Waals surface area contributed by atoms with Gasteiger partial charge in [0.15, 0.2) is 0 Å². The molecule has 0 fully saturated rings. The molecule has 0 atom stereocenters. The summed E-state index contributed by atoms with van der Waals surface area (Å²) < 4.78 is 0.784. The van der Waals surface area contributed by atoms with Gasteiger partial charge in [0.25, 0.3) is 0 Å². The Morgan fingerprint density at radius 2 is 1.81 bits per heavy atom. The number of hydrogen-bond donors (Lipinski definition) is 1. The summed E-state index contributed by atoms with van der Waals surface area (Å²) in [6, 6.07) is 13.9. The fourth-order valence-electron chi connectivity index (χ4n) is 2.16. The van der Waals surface area contributed by atoms with Crippen molar-refractivity contribution in [3.63, 3.8) is 0 Å². The third-order valence-corrected chi connectivity index (χ3v) is 4.99. The number of hydrogen-bond acceptors (Lipinski definition) is 2. The van der Waals surface area contributed by atoms with Crippen molar-refractivity contribution < 1.29 is 0 Å². The van der Waals surface area contributed by atoms with Gasteiger partial charge in [-0.05, 0) is 39.7 Å². The number of anilines is 1. The minimum Gasteiger partial charge on any atom is -0.380 e. The van der Waals surface area contributed by atoms with E-state index in [0.29, 0.717) is 16.6 Å². The van der Waals surface area contributed by atoms with Gasteiger partial charge >= 0.3 is 0 Å². The molecule has 0 amide bonds. The molecule has 0 radical (unpaired) electrons. The topological polar surface area (TPSA) is 24.9 Å². The molecule has 3 rings (SSSR count). The Kier molecular flexibility index (Phi) is 4.34. The van der Waals surface area contributed by atoms with Gasteiger partial charge in [0.05, 0.1) is 21.2 Å². The van der Waals surface area contributed by atoms with Crippen LogP contribution in [0.1, 0.15) is 5.56 Å². The van der Waals surface area contributed by atoms with Crippen LogP contribution in [-0.2, 0) is 6.54 Å². The van der Waals surface area contributed by atoms with Gasteiger partial charge < -0.3 is 5.32 Å². The first-order valence-electron chi connectivity index (χ1n) is 6.37. The lowest BCUT2D eigenvalue weighted by Gasteiger charge is -2.11. The van der Waals surface area contributed by atoms with E-state index < -0.39 is 0 Å². The Bertz CT molecular complexity index is 800. The lowest BCUT2D eigenvalue weighted by atomic mass is 10.1. The second-order valence-electron chi connectivity index (χ2n) is 4.57. The van der Waals surface area contributed by atoms with Crippen LogP contribution in [0.3, 0.4) is 0 Å². The van der Waals surface area contributed by atoms with Crippen molar-refractivity contribution in [1.82, 2.24) is 4.98 Å². The van der Waals surface area contributed by atoms with Crippen LogP contribution in [0.15, 0.2) is 53.1 Å². The van der Waals surface area contributed by atoms with E-state index in [0.717, 1.165) is 26.6 Å². The number of nitrogens with zero attached hydrogens (tertiary/aromatic N) is 1. The van der Waals surface area contributed by atoms with E-state index in [1.807, 2.05) is 24.3 Å². The molecule has 106 valence electrons. The minimum absolute atomic E-state index is 0.512. The number of pyridine rings is 1. The Hall–Kier alpha value is -1.29. The van der Waals surface area contributed by atoms with Gasteiger partial charge in [0.1, 0.15) is 0 Å². The molecule has 3 aromatic rings. The summed E-state index contributed by atoms with van der Waals surface area (Å²) in [7, 11) is 0. The predicted molar refractivity (Wildman–Crippen MR) is 93.2 cm³/mol. The standard InChI is InChI=1S/C16H11BrCl2N2/c17-12-6-7-13(15(19)14(12)18)21-9-11-4-1-3-10-5-2-8-20-16(10)11/h1-8,21H,9H2. The van der Waals surface area contributed by atoms with Gasteiger partial charge in [0.2, 0.25) is 0 Å². The Morgan fingerprint density at radius 3 is 2.67 bits per heavy atom. The number of para-hydroxylation sites is 1. The Balaban J connectivity index is 1.89. The molecule has 2 aromatic carbocycles. The van der Waals surface area contributed by atoms with E-state index >= 15 is 0 Å². The molecular weight excluding hydrogens is 371 g/mol. The highest BCUT2D eigenvalue weighted by Gasteiger charge is 2.09. The Morgan fingerprint density at radius 1 is 1.00 bits per heavy atom. The lowest BCUT2D eigenvalue weighted by molar-refractivity contribution is 1.15. The lowest BCUT2D eigenvalue weighted by Crippen LogP contribution is -2.01. The molecule has 0 aliphatic rings. The summed E-state index contributed by atoms with van der Waals surface area (Å²) in [6.45, 7) is 0.631. The van der Waals surface area contributed by atoms with Crippen molar-refractivity contribution in [2.24, 2.45) is 0 Å². The van der Waals surface area contributed by atoms with E-state index in [1.54, 1.807) is 6.20 Å². The predicted octanol–water partition coefficient (Wildman–Crippen LogP) is 5.92. The summed E-state index contributed by atoms with van der Waals surface area (Å²) in [6.07, 6.45) is 1.80. The zero-order valence-corrected chi connectivity index (χ0v) is 14.0. The first kappa shape index (κ1) is 14.6. The fraction of sp³-hybridized carbons (Fsp3) is 0.0625. The molecule has 0 aliphatic carbocycles. The van der Waals surface area contributed by atoms with E-state index in [2.05, 4.69) is 44.4 Å². The first-order chi connectivity index (χ1) is 10.2. The van der Waals surface area contributed by atoms with Crippen LogP contribution in [0.4, 0.5) is 5.69 Å². The van der Waals surface area contributed by atoms with Gasteiger partial charge in [-0.15, -0.1) is 0 Å². The second-order valence-corrected chi connectivity index (χ2v) is 6.18. The average molecular weight is 382 g/mol. The summed E-state index contributed by atoms with van der Waals surface area (Å²) in [4.78, 5) is 4.44. The maximum absolute atomic E-state index is 6.24. The van der Waals surface area contributed by atoms with E-state index in [-0.39, 0.29) is 0 Å². The zero-order chi connectivity index (χ0) is 14.8. The molecule has 1 heterocycles. The van der Waals surface area contributed by atoms with Gasteiger partial charge in [0, 0.05) is 22.6 Å². The monoisotopic (exact) mass is 380 g/mol. The van der Waals surface area contributed by atoms with Gasteiger partial charge in [-0.3, -0.25) is 4.98 Å². The zero-order valence-electron chi connectivity index (χ0n) is 10.9. The summed E-state index contributed by atoms with van der Waals surface area (Å²) in [5.41, 5.74) is 2.91.